The van der Waals surface area contributed by atoms with E-state index in [1.54, 1.807) is 0 Å². The van der Waals surface area contributed by atoms with Gasteiger partial charge in [-0.2, -0.15) is 5.10 Å². The third-order valence-corrected chi connectivity index (χ3v) is 2.54. The van der Waals surface area contributed by atoms with Crippen LogP contribution in [0.3, 0.4) is 0 Å². The molecule has 2 N–H and O–H groups in total. The van der Waals surface area contributed by atoms with Crippen LogP contribution in [-0.2, 0) is 6.54 Å². The smallest absolute Gasteiger partial charge is 0.128 e. The van der Waals surface area contributed by atoms with Crippen molar-refractivity contribution in [2.45, 2.75) is 13.5 Å². The van der Waals surface area contributed by atoms with E-state index in [0.29, 0.717) is 6.61 Å². The number of para-hydroxylation sites is 1. The van der Waals surface area contributed by atoms with Crippen LogP contribution in [0.25, 0.3) is 11.3 Å². The summed E-state index contributed by atoms with van der Waals surface area (Å²) in [5.41, 5.74) is 3.21. The van der Waals surface area contributed by atoms with Gasteiger partial charge in [-0.05, 0) is 26.1 Å². The first kappa shape index (κ1) is 11.7. The lowest BCUT2D eigenvalue weighted by atomic mass is 10.1. The molecule has 0 fully saturated rings. The van der Waals surface area contributed by atoms with E-state index in [-0.39, 0.29) is 0 Å². The Morgan fingerprint density at radius 1 is 1.35 bits per heavy atom. The number of rotatable bonds is 5. The predicted octanol–water partition coefficient (Wildman–Crippen LogP) is 2.19. The van der Waals surface area contributed by atoms with Crippen molar-refractivity contribution in [3.8, 4) is 17.0 Å². The second-order valence-corrected chi connectivity index (χ2v) is 3.73. The van der Waals surface area contributed by atoms with Crippen LogP contribution < -0.4 is 10.1 Å². The summed E-state index contributed by atoms with van der Waals surface area (Å²) in [6, 6.07) is 7.99. The van der Waals surface area contributed by atoms with Crippen molar-refractivity contribution < 1.29 is 4.74 Å². The minimum atomic E-state index is 0.659. The minimum absolute atomic E-state index is 0.659. The first-order valence-electron chi connectivity index (χ1n) is 5.75. The average molecular weight is 231 g/mol. The fourth-order valence-electron chi connectivity index (χ4n) is 1.82. The van der Waals surface area contributed by atoms with Crippen molar-refractivity contribution in [2.24, 2.45) is 0 Å². The molecule has 0 radical (unpaired) electrons. The van der Waals surface area contributed by atoms with Crippen molar-refractivity contribution in [3.63, 3.8) is 0 Å². The lowest BCUT2D eigenvalue weighted by molar-refractivity contribution is 0.341. The van der Waals surface area contributed by atoms with E-state index in [1.165, 1.54) is 0 Å². The molecule has 4 nitrogen and oxygen atoms in total. The quantitative estimate of drug-likeness (QED) is 0.829. The van der Waals surface area contributed by atoms with Gasteiger partial charge >= 0.3 is 0 Å². The van der Waals surface area contributed by atoms with Crippen LogP contribution in [-0.4, -0.2) is 23.9 Å². The van der Waals surface area contributed by atoms with Crippen LogP contribution in [0.15, 0.2) is 30.5 Å². The van der Waals surface area contributed by atoms with Gasteiger partial charge in [-0.3, -0.25) is 5.10 Å². The summed E-state index contributed by atoms with van der Waals surface area (Å²) in [5.74, 6) is 0.886. The minimum Gasteiger partial charge on any atom is -0.493 e. The Morgan fingerprint density at radius 2 is 2.18 bits per heavy atom. The van der Waals surface area contributed by atoms with Crippen LogP contribution >= 0.6 is 0 Å². The van der Waals surface area contributed by atoms with E-state index in [2.05, 4.69) is 15.5 Å². The largest absolute Gasteiger partial charge is 0.493 e. The van der Waals surface area contributed by atoms with E-state index in [9.17, 15) is 0 Å². The molecule has 1 heterocycles. The van der Waals surface area contributed by atoms with E-state index in [4.69, 9.17) is 4.74 Å². The summed E-state index contributed by atoms with van der Waals surface area (Å²) in [4.78, 5) is 0. The maximum atomic E-state index is 5.63. The van der Waals surface area contributed by atoms with Gasteiger partial charge in [0.1, 0.15) is 5.75 Å². The van der Waals surface area contributed by atoms with E-state index >= 15 is 0 Å². The molecule has 2 rings (SSSR count). The molecule has 1 aromatic carbocycles. The van der Waals surface area contributed by atoms with Crippen molar-refractivity contribution >= 4 is 0 Å². The number of nitrogens with one attached hydrogen (secondary N) is 2. The van der Waals surface area contributed by atoms with Crippen LogP contribution in [0.2, 0.25) is 0 Å². The van der Waals surface area contributed by atoms with Gasteiger partial charge in [0.05, 0.1) is 18.5 Å². The molecule has 0 atom stereocenters. The van der Waals surface area contributed by atoms with Gasteiger partial charge in [-0.15, -0.1) is 0 Å². The molecule has 0 unspecified atom stereocenters. The summed E-state index contributed by atoms with van der Waals surface area (Å²) in [6.45, 7) is 3.43. The maximum Gasteiger partial charge on any atom is 0.128 e. The lowest BCUT2D eigenvalue weighted by Gasteiger charge is -2.09. The molecule has 0 saturated heterocycles. The molecule has 4 heteroatoms. The van der Waals surface area contributed by atoms with E-state index < -0.39 is 0 Å². The second kappa shape index (κ2) is 5.50. The normalized spacial score (nSPS) is 10.5. The number of benzene rings is 1. The van der Waals surface area contributed by atoms with Crippen molar-refractivity contribution in [1.29, 1.82) is 0 Å². The third kappa shape index (κ3) is 2.47. The highest BCUT2D eigenvalue weighted by atomic mass is 16.5. The Hall–Kier alpha value is -1.81. The third-order valence-electron chi connectivity index (χ3n) is 2.54. The van der Waals surface area contributed by atoms with Crippen molar-refractivity contribution in [3.05, 3.63) is 36.0 Å². The zero-order chi connectivity index (χ0) is 12.1. The highest BCUT2D eigenvalue weighted by Crippen LogP contribution is 2.30. The van der Waals surface area contributed by atoms with E-state index in [0.717, 1.165) is 29.1 Å². The molecule has 0 saturated carbocycles. The number of aromatic nitrogens is 2. The fraction of sp³-hybridized carbons (Fsp3) is 0.308. The van der Waals surface area contributed by atoms with Gasteiger partial charge in [0.25, 0.3) is 0 Å². The SMILES string of the molecule is CCOc1ccccc1-c1[nH]ncc1CNC. The number of hydrogen-bond acceptors (Lipinski definition) is 3. The maximum absolute atomic E-state index is 5.63. The summed E-state index contributed by atoms with van der Waals surface area (Å²) in [5, 5.41) is 10.3. The molecule has 0 amide bonds. The number of ether oxygens (including phenoxy) is 1. The van der Waals surface area contributed by atoms with Crippen LogP contribution in [0.5, 0.6) is 5.75 Å². The first-order valence-corrected chi connectivity index (χ1v) is 5.75. The predicted molar refractivity (Wildman–Crippen MR) is 68.0 cm³/mol. The van der Waals surface area contributed by atoms with Crippen LogP contribution in [0.1, 0.15) is 12.5 Å². The molecule has 0 spiro atoms. The zero-order valence-corrected chi connectivity index (χ0v) is 10.2. The van der Waals surface area contributed by atoms with Crippen LogP contribution in [0.4, 0.5) is 0 Å². The summed E-state index contributed by atoms with van der Waals surface area (Å²) < 4.78 is 5.63. The molecule has 17 heavy (non-hydrogen) atoms. The Labute approximate surface area is 101 Å². The molecular formula is C13H17N3O. The van der Waals surface area contributed by atoms with Crippen molar-refractivity contribution in [1.82, 2.24) is 15.5 Å². The van der Waals surface area contributed by atoms with Gasteiger partial charge in [-0.25, -0.2) is 0 Å². The van der Waals surface area contributed by atoms with Crippen molar-refractivity contribution in [2.75, 3.05) is 13.7 Å². The molecule has 2 aromatic rings. The van der Waals surface area contributed by atoms with Crippen LogP contribution in [0, 0.1) is 0 Å². The van der Waals surface area contributed by atoms with Gasteiger partial charge in [0, 0.05) is 17.7 Å². The zero-order valence-electron chi connectivity index (χ0n) is 10.2. The number of nitrogens with zero attached hydrogens (tertiary/aromatic N) is 1. The van der Waals surface area contributed by atoms with Gasteiger partial charge < -0.3 is 10.1 Å². The average Bonchev–Trinajstić information content (AvgIpc) is 2.79. The highest BCUT2D eigenvalue weighted by molar-refractivity contribution is 5.69. The lowest BCUT2D eigenvalue weighted by Crippen LogP contribution is -2.05. The standard InChI is InChI=1S/C13H17N3O/c1-3-17-12-7-5-4-6-11(12)13-10(8-14-2)9-15-16-13/h4-7,9,14H,3,8H2,1-2H3,(H,15,16). The summed E-state index contributed by atoms with van der Waals surface area (Å²) >= 11 is 0. The number of hydrogen-bond donors (Lipinski definition) is 2. The Morgan fingerprint density at radius 3 is 2.94 bits per heavy atom. The first-order chi connectivity index (χ1) is 8.36. The van der Waals surface area contributed by atoms with Gasteiger partial charge in [0.2, 0.25) is 0 Å². The molecule has 1 aromatic heterocycles. The molecular weight excluding hydrogens is 214 g/mol. The van der Waals surface area contributed by atoms with E-state index in [1.807, 2.05) is 44.4 Å². The van der Waals surface area contributed by atoms with Gasteiger partial charge in [-0.1, -0.05) is 12.1 Å². The molecule has 0 bridgehead atoms. The Bertz CT molecular complexity index is 479. The molecule has 0 aliphatic rings. The Balaban J connectivity index is 2.41. The monoisotopic (exact) mass is 231 g/mol. The number of H-pyrrole nitrogens is 1. The molecule has 90 valence electrons. The number of aromatic amines is 1. The van der Waals surface area contributed by atoms with Gasteiger partial charge in [0.15, 0.2) is 0 Å². The molecule has 0 aliphatic heterocycles. The summed E-state index contributed by atoms with van der Waals surface area (Å²) in [6.07, 6.45) is 1.84. The fourth-order valence-corrected chi connectivity index (χ4v) is 1.82. The summed E-state index contributed by atoms with van der Waals surface area (Å²) in [7, 11) is 1.92. The second-order valence-electron chi connectivity index (χ2n) is 3.73. The topological polar surface area (TPSA) is 49.9 Å². The Kier molecular flexibility index (Phi) is 3.77. The highest BCUT2D eigenvalue weighted by Gasteiger charge is 2.11. The molecule has 0 aliphatic carbocycles.